The molecule has 6 nitrogen and oxygen atoms in total. The molecular formula is C17H20Cl2N2O4. The number of halogens is 2. The van der Waals surface area contributed by atoms with Crippen LogP contribution in [0.2, 0.25) is 10.0 Å². The summed E-state index contributed by atoms with van der Waals surface area (Å²) in [6.07, 6.45) is 1.81. The number of nitrogens with zero attached hydrogens (tertiary/aromatic N) is 1. The first-order valence-electron chi connectivity index (χ1n) is 7.80. The Bertz CT molecular complexity index is 689. The molecular weight excluding hydrogens is 367 g/mol. The van der Waals surface area contributed by atoms with Crippen LogP contribution >= 0.6 is 23.2 Å². The molecule has 1 N–H and O–H groups in total. The van der Waals surface area contributed by atoms with Crippen LogP contribution < -0.4 is 5.32 Å². The average Bonchev–Trinajstić information content (AvgIpc) is 2.55. The molecule has 0 heterocycles. The second-order valence-corrected chi connectivity index (χ2v) is 5.93. The Labute approximate surface area is 156 Å². The zero-order chi connectivity index (χ0) is 19.0. The van der Waals surface area contributed by atoms with Gasteiger partial charge in [0.1, 0.15) is 5.78 Å². The van der Waals surface area contributed by atoms with E-state index < -0.39 is 23.6 Å². The van der Waals surface area contributed by atoms with Gasteiger partial charge in [0.05, 0.1) is 27.9 Å². The van der Waals surface area contributed by atoms with E-state index in [1.54, 1.807) is 6.92 Å². The van der Waals surface area contributed by atoms with E-state index >= 15 is 0 Å². The molecule has 1 amide bonds. The van der Waals surface area contributed by atoms with Gasteiger partial charge in [-0.2, -0.15) is 0 Å². The lowest BCUT2D eigenvalue weighted by Gasteiger charge is -2.10. The lowest BCUT2D eigenvalue weighted by molar-refractivity contribution is -0.148. The van der Waals surface area contributed by atoms with Gasteiger partial charge in [-0.1, -0.05) is 30.1 Å². The monoisotopic (exact) mass is 386 g/mol. The minimum atomic E-state index is -1.13. The van der Waals surface area contributed by atoms with Gasteiger partial charge < -0.3 is 10.1 Å². The standard InChI is InChI=1S/C17H20Cl2N2O4/c1-4-8-25-17(24)11(10(3)22)9-21-13-7-6-12(18)14(15(13)19)16(23)20-5-2/h6-7,9,11H,4-5,8H2,1-3H3,(H,20,23). The van der Waals surface area contributed by atoms with Crippen molar-refractivity contribution in [2.24, 2.45) is 10.9 Å². The predicted octanol–water partition coefficient (Wildman–Crippen LogP) is 3.60. The summed E-state index contributed by atoms with van der Waals surface area (Å²) in [4.78, 5) is 39.7. The molecule has 1 rings (SSSR count). The van der Waals surface area contributed by atoms with Crippen molar-refractivity contribution in [2.75, 3.05) is 13.2 Å². The summed E-state index contributed by atoms with van der Waals surface area (Å²) in [5.41, 5.74) is 0.314. The zero-order valence-electron chi connectivity index (χ0n) is 14.3. The summed E-state index contributed by atoms with van der Waals surface area (Å²) in [5.74, 6) is -2.64. The highest BCUT2D eigenvalue weighted by molar-refractivity contribution is 6.41. The fourth-order valence-electron chi connectivity index (χ4n) is 1.88. The highest BCUT2D eigenvalue weighted by atomic mass is 35.5. The summed E-state index contributed by atoms with van der Waals surface area (Å²) in [6, 6.07) is 2.97. The largest absolute Gasteiger partial charge is 0.465 e. The molecule has 0 radical (unpaired) electrons. The normalized spacial score (nSPS) is 12.0. The minimum absolute atomic E-state index is 0.0407. The summed E-state index contributed by atoms with van der Waals surface area (Å²) in [7, 11) is 0. The molecule has 0 aromatic heterocycles. The van der Waals surface area contributed by atoms with Crippen molar-refractivity contribution in [2.45, 2.75) is 27.2 Å². The van der Waals surface area contributed by atoms with Gasteiger partial charge in [-0.15, -0.1) is 0 Å². The summed E-state index contributed by atoms with van der Waals surface area (Å²) < 4.78 is 4.98. The average molecular weight is 387 g/mol. The molecule has 0 saturated heterocycles. The number of nitrogens with one attached hydrogen (secondary N) is 1. The number of aliphatic imine (C=N–C) groups is 1. The predicted molar refractivity (Wildman–Crippen MR) is 98.0 cm³/mol. The molecule has 0 aliphatic heterocycles. The van der Waals surface area contributed by atoms with Crippen molar-refractivity contribution in [3.8, 4) is 0 Å². The topological polar surface area (TPSA) is 84.8 Å². The molecule has 1 atom stereocenters. The van der Waals surface area contributed by atoms with E-state index in [0.29, 0.717) is 13.0 Å². The SMILES string of the molecule is CCCOC(=O)C(C=Nc1ccc(Cl)c(C(=O)NCC)c1Cl)C(C)=O. The fraction of sp³-hybridized carbons (Fsp3) is 0.412. The van der Waals surface area contributed by atoms with Gasteiger partial charge in [0.2, 0.25) is 0 Å². The van der Waals surface area contributed by atoms with Crippen molar-refractivity contribution in [1.82, 2.24) is 5.32 Å². The first-order valence-corrected chi connectivity index (χ1v) is 8.56. The number of ether oxygens (including phenoxy) is 1. The van der Waals surface area contributed by atoms with Gasteiger partial charge in [-0.3, -0.25) is 19.4 Å². The Balaban J connectivity index is 3.13. The molecule has 1 aromatic carbocycles. The van der Waals surface area contributed by atoms with Crippen LogP contribution in [0.4, 0.5) is 5.69 Å². The number of amides is 1. The Morgan fingerprint density at radius 1 is 1.28 bits per heavy atom. The van der Waals surface area contributed by atoms with Crippen molar-refractivity contribution in [3.05, 3.63) is 27.7 Å². The Kier molecular flexibility index (Phi) is 8.58. The highest BCUT2D eigenvalue weighted by Gasteiger charge is 2.23. The molecule has 0 aliphatic rings. The van der Waals surface area contributed by atoms with Gasteiger partial charge in [-0.05, 0) is 32.4 Å². The third kappa shape index (κ3) is 5.83. The first-order chi connectivity index (χ1) is 11.8. The second-order valence-electron chi connectivity index (χ2n) is 5.15. The van der Waals surface area contributed by atoms with Crippen molar-refractivity contribution in [1.29, 1.82) is 0 Å². The molecule has 0 fully saturated rings. The number of benzene rings is 1. The molecule has 0 aliphatic carbocycles. The van der Waals surface area contributed by atoms with E-state index in [4.69, 9.17) is 27.9 Å². The van der Waals surface area contributed by atoms with E-state index in [9.17, 15) is 14.4 Å². The van der Waals surface area contributed by atoms with Crippen LogP contribution in [-0.2, 0) is 14.3 Å². The molecule has 136 valence electrons. The van der Waals surface area contributed by atoms with Crippen LogP contribution in [0.5, 0.6) is 0 Å². The highest BCUT2D eigenvalue weighted by Crippen LogP contribution is 2.33. The number of hydrogen-bond donors (Lipinski definition) is 1. The molecule has 25 heavy (non-hydrogen) atoms. The zero-order valence-corrected chi connectivity index (χ0v) is 15.8. The molecule has 0 spiro atoms. The Hall–Kier alpha value is -1.92. The molecule has 0 saturated carbocycles. The van der Waals surface area contributed by atoms with E-state index in [0.717, 1.165) is 6.21 Å². The number of rotatable bonds is 8. The summed E-state index contributed by atoms with van der Waals surface area (Å²) in [5, 5.41) is 2.83. The smallest absolute Gasteiger partial charge is 0.321 e. The van der Waals surface area contributed by atoms with Crippen LogP contribution in [0.15, 0.2) is 17.1 Å². The fourth-order valence-corrected chi connectivity index (χ4v) is 2.47. The maximum Gasteiger partial charge on any atom is 0.321 e. The van der Waals surface area contributed by atoms with Gasteiger partial charge in [0, 0.05) is 12.8 Å². The van der Waals surface area contributed by atoms with Crippen molar-refractivity contribution in [3.63, 3.8) is 0 Å². The van der Waals surface area contributed by atoms with E-state index in [-0.39, 0.29) is 27.9 Å². The summed E-state index contributed by atoms with van der Waals surface area (Å²) >= 11 is 12.2. The van der Waals surface area contributed by atoms with Gasteiger partial charge in [-0.25, -0.2) is 0 Å². The molecule has 8 heteroatoms. The number of carbonyl (C=O) groups excluding carboxylic acids is 3. The number of Topliss-reactive ketones (excluding diaryl/α,β-unsaturated/α-hetero) is 1. The van der Waals surface area contributed by atoms with Crippen LogP contribution in [0.1, 0.15) is 37.6 Å². The quantitative estimate of drug-likeness (QED) is 0.420. The number of hydrogen-bond acceptors (Lipinski definition) is 5. The number of esters is 1. The van der Waals surface area contributed by atoms with Crippen LogP contribution in [0, 0.1) is 5.92 Å². The van der Waals surface area contributed by atoms with Crippen molar-refractivity contribution < 1.29 is 19.1 Å². The van der Waals surface area contributed by atoms with Crippen molar-refractivity contribution >= 4 is 52.8 Å². The van der Waals surface area contributed by atoms with E-state index in [2.05, 4.69) is 10.3 Å². The summed E-state index contributed by atoms with van der Waals surface area (Å²) in [6.45, 7) is 5.52. The maximum absolute atomic E-state index is 12.1. The lowest BCUT2D eigenvalue weighted by atomic mass is 10.1. The van der Waals surface area contributed by atoms with Gasteiger partial charge in [0.25, 0.3) is 5.91 Å². The van der Waals surface area contributed by atoms with Crippen LogP contribution in [0.3, 0.4) is 0 Å². The van der Waals surface area contributed by atoms with Crippen LogP contribution in [0.25, 0.3) is 0 Å². The van der Waals surface area contributed by atoms with Crippen LogP contribution in [-0.4, -0.2) is 37.0 Å². The third-order valence-corrected chi connectivity index (χ3v) is 3.84. The van der Waals surface area contributed by atoms with E-state index in [1.807, 2.05) is 6.92 Å². The Morgan fingerprint density at radius 3 is 2.52 bits per heavy atom. The molecule has 1 aromatic rings. The minimum Gasteiger partial charge on any atom is -0.465 e. The maximum atomic E-state index is 12.1. The lowest BCUT2D eigenvalue weighted by Crippen LogP contribution is -2.26. The number of carbonyl (C=O) groups is 3. The van der Waals surface area contributed by atoms with E-state index in [1.165, 1.54) is 19.1 Å². The Morgan fingerprint density at radius 2 is 1.96 bits per heavy atom. The van der Waals surface area contributed by atoms with Gasteiger partial charge in [0.15, 0.2) is 5.92 Å². The third-order valence-electron chi connectivity index (χ3n) is 3.14. The number of ketones is 1. The first kappa shape index (κ1) is 21.1. The molecule has 1 unspecified atom stereocenters. The van der Waals surface area contributed by atoms with Gasteiger partial charge >= 0.3 is 5.97 Å². The molecule has 0 bridgehead atoms. The second kappa shape index (κ2) is 10.2.